The molecule has 1 aliphatic heterocycles. The number of rotatable bonds is 13. The lowest BCUT2D eigenvalue weighted by Gasteiger charge is -2.22. The molecule has 2 unspecified atom stereocenters. The van der Waals surface area contributed by atoms with Gasteiger partial charge in [0.2, 0.25) is 11.8 Å². The largest absolute Gasteiger partial charge is 0.388 e. The molecule has 204 valence electrons. The molecule has 3 amide bonds. The summed E-state index contributed by atoms with van der Waals surface area (Å²) in [5.41, 5.74) is -0.770. The quantitative estimate of drug-likeness (QED) is 0.340. The van der Waals surface area contributed by atoms with Crippen LogP contribution in [0.3, 0.4) is 0 Å². The molecule has 11 heteroatoms. The second-order valence-corrected chi connectivity index (χ2v) is 9.97. The van der Waals surface area contributed by atoms with Gasteiger partial charge in [-0.1, -0.05) is 45.7 Å². The van der Waals surface area contributed by atoms with Gasteiger partial charge in [0.05, 0.1) is 19.2 Å². The van der Waals surface area contributed by atoms with Gasteiger partial charge in [-0.15, -0.1) is 0 Å². The number of nitrogens with zero attached hydrogens (tertiary/aromatic N) is 1. The Bertz CT molecular complexity index is 878. The van der Waals surface area contributed by atoms with Crippen molar-refractivity contribution in [1.29, 1.82) is 0 Å². The Kier molecular flexibility index (Phi) is 12.8. The van der Waals surface area contributed by atoms with Crippen LogP contribution in [0.2, 0.25) is 0 Å². The normalized spacial score (nSPS) is 18.1. The van der Waals surface area contributed by atoms with E-state index in [2.05, 4.69) is 39.7 Å². The van der Waals surface area contributed by atoms with Crippen molar-refractivity contribution in [3.8, 4) is 0 Å². The maximum Gasteiger partial charge on any atom is 0.274 e. The van der Waals surface area contributed by atoms with Gasteiger partial charge in [-0.05, 0) is 32.1 Å². The number of carbonyl (C=O) groups excluding carboxylic acids is 4. The van der Waals surface area contributed by atoms with Crippen molar-refractivity contribution < 1.29 is 33.2 Å². The van der Waals surface area contributed by atoms with Gasteiger partial charge in [0.25, 0.3) is 5.91 Å². The highest BCUT2D eigenvalue weighted by molar-refractivity contribution is 5.98. The van der Waals surface area contributed by atoms with E-state index in [0.29, 0.717) is 24.7 Å². The molecule has 0 aliphatic carbocycles. The molecule has 36 heavy (non-hydrogen) atoms. The molecule has 3 N–H and O–H groups in total. The Hall–Kier alpha value is -2.79. The van der Waals surface area contributed by atoms with Crippen LogP contribution in [-0.4, -0.2) is 73.7 Å². The maximum atomic E-state index is 12.7. The number of aromatic nitrogens is 1. The average molecular weight is 511 g/mol. The van der Waals surface area contributed by atoms with Crippen LogP contribution < -0.4 is 16.0 Å². The van der Waals surface area contributed by atoms with Gasteiger partial charge in [0.1, 0.15) is 17.4 Å². The van der Waals surface area contributed by atoms with Crippen molar-refractivity contribution in [3.63, 3.8) is 0 Å². The van der Waals surface area contributed by atoms with E-state index >= 15 is 0 Å². The van der Waals surface area contributed by atoms with E-state index in [9.17, 15) is 19.2 Å². The standard InChI is InChI=1S/C23H36N4O6.C2H6O/c1-13(2)8-7-9-16(20(29)23(6)12-32-23)25-18(28)11-24-22(31)19(14(3)4)26-21(30)17-10-15(5)33-27-17;1-3-2/h10,13-14,16,19H,7-9,11-12H2,1-6H3,(H,24,31)(H,25,28)(H,26,30);1-2H3/t16-,19?,23?;/m0./s1. The van der Waals surface area contributed by atoms with Crippen molar-refractivity contribution in [2.75, 3.05) is 27.4 Å². The number of methoxy groups -OCH3 is 1. The second kappa shape index (κ2) is 14.7. The summed E-state index contributed by atoms with van der Waals surface area (Å²) in [4.78, 5) is 50.3. The molecule has 11 nitrogen and oxygen atoms in total. The zero-order valence-corrected chi connectivity index (χ0v) is 22.7. The van der Waals surface area contributed by atoms with E-state index in [1.165, 1.54) is 6.07 Å². The summed E-state index contributed by atoms with van der Waals surface area (Å²) in [6, 6.07) is -0.0697. The van der Waals surface area contributed by atoms with Crippen molar-refractivity contribution in [2.45, 2.75) is 78.5 Å². The highest BCUT2D eigenvalue weighted by atomic mass is 16.6. The Morgan fingerprint density at radius 2 is 1.72 bits per heavy atom. The lowest BCUT2D eigenvalue weighted by atomic mass is 9.94. The molecule has 0 radical (unpaired) electrons. The SMILES string of the molecule is COC.Cc1cc(C(=O)NC(C(=O)NCC(=O)N[C@@H](CCCC(C)C)C(=O)C2(C)CO2)C(C)C)no1. The second-order valence-electron chi connectivity index (χ2n) is 9.97. The molecule has 0 bridgehead atoms. The van der Waals surface area contributed by atoms with E-state index in [0.717, 1.165) is 12.8 Å². The van der Waals surface area contributed by atoms with Crippen LogP contribution >= 0.6 is 0 Å². The van der Waals surface area contributed by atoms with Crippen LogP contribution in [-0.2, 0) is 23.9 Å². The summed E-state index contributed by atoms with van der Waals surface area (Å²) >= 11 is 0. The van der Waals surface area contributed by atoms with Crippen LogP contribution in [0, 0.1) is 18.8 Å². The minimum Gasteiger partial charge on any atom is -0.388 e. The fourth-order valence-corrected chi connectivity index (χ4v) is 3.36. The van der Waals surface area contributed by atoms with Gasteiger partial charge < -0.3 is 29.9 Å². The van der Waals surface area contributed by atoms with Crippen molar-refractivity contribution >= 4 is 23.5 Å². The third kappa shape index (κ3) is 10.4. The predicted octanol–water partition coefficient (Wildman–Crippen LogP) is 1.79. The Balaban J connectivity index is 0.00000205. The van der Waals surface area contributed by atoms with Gasteiger partial charge in [0, 0.05) is 20.3 Å². The summed E-state index contributed by atoms with van der Waals surface area (Å²) in [5, 5.41) is 11.5. The highest BCUT2D eigenvalue weighted by Crippen LogP contribution is 2.29. The number of ether oxygens (including phenoxy) is 2. The van der Waals surface area contributed by atoms with Crippen LogP contribution in [0.4, 0.5) is 0 Å². The predicted molar refractivity (Wildman–Crippen MR) is 133 cm³/mol. The van der Waals surface area contributed by atoms with Crippen LogP contribution in [0.5, 0.6) is 0 Å². The molecular formula is C25H42N4O7. The van der Waals surface area contributed by atoms with Gasteiger partial charge in [0.15, 0.2) is 11.5 Å². The zero-order valence-electron chi connectivity index (χ0n) is 22.7. The zero-order chi connectivity index (χ0) is 27.5. The Labute approximate surface area is 213 Å². The molecule has 1 aromatic heterocycles. The summed E-state index contributed by atoms with van der Waals surface area (Å²) in [7, 11) is 3.25. The highest BCUT2D eigenvalue weighted by Gasteiger charge is 2.49. The molecule has 1 aromatic rings. The molecule has 3 atom stereocenters. The molecule has 1 aliphatic rings. The van der Waals surface area contributed by atoms with Gasteiger partial charge in [-0.2, -0.15) is 0 Å². The molecule has 1 fully saturated rings. The lowest BCUT2D eigenvalue weighted by Crippen LogP contribution is -2.53. The van der Waals surface area contributed by atoms with E-state index < -0.39 is 35.4 Å². The average Bonchev–Trinajstić information content (AvgIpc) is 3.40. The first kappa shape index (κ1) is 31.2. The third-order valence-electron chi connectivity index (χ3n) is 5.54. The minimum absolute atomic E-state index is 0.0715. The molecule has 1 saturated heterocycles. The number of hydrogen-bond acceptors (Lipinski definition) is 8. The summed E-state index contributed by atoms with van der Waals surface area (Å²) in [6.45, 7) is 11.2. The van der Waals surface area contributed by atoms with Gasteiger partial charge in [-0.3, -0.25) is 19.2 Å². The number of nitrogens with one attached hydrogen (secondary N) is 3. The van der Waals surface area contributed by atoms with E-state index in [1.54, 1.807) is 41.9 Å². The van der Waals surface area contributed by atoms with Crippen LogP contribution in [0.1, 0.15) is 70.1 Å². The minimum atomic E-state index is -0.871. The number of hydrogen-bond donors (Lipinski definition) is 3. The molecule has 0 aromatic carbocycles. The third-order valence-corrected chi connectivity index (χ3v) is 5.54. The van der Waals surface area contributed by atoms with E-state index in [-0.39, 0.29) is 23.9 Å². The van der Waals surface area contributed by atoms with Gasteiger partial charge in [-0.25, -0.2) is 0 Å². The van der Waals surface area contributed by atoms with Gasteiger partial charge >= 0.3 is 0 Å². The number of Topliss-reactive ketones (excluding diaryl/α,β-unsaturated/α-hetero) is 1. The fourth-order valence-electron chi connectivity index (χ4n) is 3.36. The van der Waals surface area contributed by atoms with E-state index in [1.807, 2.05) is 0 Å². The number of ketones is 1. The molecular weight excluding hydrogens is 468 g/mol. The van der Waals surface area contributed by atoms with Crippen molar-refractivity contribution in [3.05, 3.63) is 17.5 Å². The monoisotopic (exact) mass is 510 g/mol. The first-order valence-electron chi connectivity index (χ1n) is 12.2. The first-order chi connectivity index (χ1) is 16.8. The number of epoxide rings is 1. The van der Waals surface area contributed by atoms with Crippen molar-refractivity contribution in [2.24, 2.45) is 11.8 Å². The summed E-state index contributed by atoms with van der Waals surface area (Å²) in [5.74, 6) is -0.939. The summed E-state index contributed by atoms with van der Waals surface area (Å²) in [6.07, 6.45) is 2.24. The smallest absolute Gasteiger partial charge is 0.274 e. The fraction of sp³-hybridized carbons (Fsp3) is 0.720. The topological polar surface area (TPSA) is 152 Å². The lowest BCUT2D eigenvalue weighted by molar-refractivity contribution is -0.131. The molecule has 2 heterocycles. The molecule has 2 rings (SSSR count). The van der Waals surface area contributed by atoms with Crippen molar-refractivity contribution in [1.82, 2.24) is 21.1 Å². The van der Waals surface area contributed by atoms with Crippen LogP contribution in [0.25, 0.3) is 0 Å². The van der Waals surface area contributed by atoms with E-state index in [4.69, 9.17) is 9.26 Å². The van der Waals surface area contributed by atoms with Crippen LogP contribution in [0.15, 0.2) is 10.6 Å². The molecule has 0 spiro atoms. The first-order valence-corrected chi connectivity index (χ1v) is 12.2. The number of aryl methyl sites for hydroxylation is 1. The number of amides is 3. The molecule has 0 saturated carbocycles. The maximum absolute atomic E-state index is 12.7. The summed E-state index contributed by atoms with van der Waals surface area (Å²) < 4.78 is 14.4. The number of carbonyl (C=O) groups is 4. The Morgan fingerprint density at radius 3 is 2.19 bits per heavy atom. The Morgan fingerprint density at radius 1 is 1.11 bits per heavy atom.